The van der Waals surface area contributed by atoms with Gasteiger partial charge in [-0.2, -0.15) is 10.2 Å². The maximum Gasteiger partial charge on any atom is 0.237 e. The Morgan fingerprint density at radius 1 is 1.09 bits per heavy atom. The fourth-order valence-electron chi connectivity index (χ4n) is 4.66. The Kier molecular flexibility index (Phi) is 5.13. The van der Waals surface area contributed by atoms with Crippen LogP contribution < -0.4 is 5.32 Å². The fourth-order valence-corrected chi connectivity index (χ4v) is 4.66. The zero-order valence-corrected chi connectivity index (χ0v) is 18.1. The Bertz CT molecular complexity index is 1340. The molecule has 1 N–H and O–H groups in total. The second-order valence-electron chi connectivity index (χ2n) is 8.47. The van der Waals surface area contributed by atoms with Crippen LogP contribution in [0.4, 0.5) is 5.95 Å². The molecule has 10 nitrogen and oxygen atoms in total. The Labute approximate surface area is 190 Å². The predicted octanol–water partition coefficient (Wildman–Crippen LogP) is 2.98. The van der Waals surface area contributed by atoms with Crippen molar-refractivity contribution in [1.82, 2.24) is 29.1 Å². The van der Waals surface area contributed by atoms with Gasteiger partial charge in [-0.15, -0.1) is 0 Å². The Balaban J connectivity index is 1.43. The van der Waals surface area contributed by atoms with Crippen molar-refractivity contribution in [2.24, 2.45) is 0 Å². The van der Waals surface area contributed by atoms with Crippen molar-refractivity contribution in [1.29, 1.82) is 5.26 Å². The summed E-state index contributed by atoms with van der Waals surface area (Å²) >= 11 is 0. The van der Waals surface area contributed by atoms with Crippen molar-refractivity contribution in [2.75, 3.05) is 31.7 Å². The monoisotopic (exact) mass is 444 g/mol. The molecule has 5 heterocycles. The van der Waals surface area contributed by atoms with Gasteiger partial charge in [-0.1, -0.05) is 0 Å². The van der Waals surface area contributed by atoms with Crippen LogP contribution in [0.2, 0.25) is 0 Å². The van der Waals surface area contributed by atoms with E-state index in [1.165, 1.54) is 0 Å². The number of imidazole rings is 2. The molecule has 0 amide bonds. The van der Waals surface area contributed by atoms with Crippen molar-refractivity contribution in [2.45, 2.75) is 37.8 Å². The molecule has 0 saturated carbocycles. The third-order valence-electron chi connectivity index (χ3n) is 6.38. The first-order valence-electron chi connectivity index (χ1n) is 11.4. The van der Waals surface area contributed by atoms with Crippen LogP contribution in [-0.4, -0.2) is 61.5 Å². The summed E-state index contributed by atoms with van der Waals surface area (Å²) in [5, 5.41) is 12.8. The van der Waals surface area contributed by atoms with Crippen molar-refractivity contribution < 1.29 is 9.47 Å². The van der Waals surface area contributed by atoms with E-state index in [0.717, 1.165) is 80.2 Å². The molecule has 0 radical (unpaired) electrons. The number of aromatic nitrogens is 6. The molecule has 0 bridgehead atoms. The van der Waals surface area contributed by atoms with Crippen LogP contribution in [0.3, 0.4) is 0 Å². The van der Waals surface area contributed by atoms with Crippen LogP contribution in [0, 0.1) is 11.3 Å². The first-order valence-corrected chi connectivity index (χ1v) is 11.4. The number of ether oxygens (including phenoxy) is 2. The zero-order valence-electron chi connectivity index (χ0n) is 18.1. The molecule has 0 aliphatic carbocycles. The average Bonchev–Trinajstić information content (AvgIpc) is 3.60. The van der Waals surface area contributed by atoms with Gasteiger partial charge in [0.2, 0.25) is 11.9 Å². The number of anilines is 1. The maximum absolute atomic E-state index is 9.30. The highest BCUT2D eigenvalue weighted by atomic mass is 16.5. The molecule has 2 fully saturated rings. The summed E-state index contributed by atoms with van der Waals surface area (Å²) in [6.07, 6.45) is 7.62. The number of hydrogen-bond acceptors (Lipinski definition) is 8. The van der Waals surface area contributed by atoms with Gasteiger partial charge in [0.25, 0.3) is 0 Å². The van der Waals surface area contributed by atoms with Crippen molar-refractivity contribution in [3.63, 3.8) is 0 Å². The lowest BCUT2D eigenvalue weighted by molar-refractivity contribution is 0.0708. The van der Waals surface area contributed by atoms with E-state index in [-0.39, 0.29) is 12.1 Å². The molecule has 1 unspecified atom stereocenters. The van der Waals surface area contributed by atoms with Crippen LogP contribution in [-0.2, 0) is 9.47 Å². The van der Waals surface area contributed by atoms with E-state index in [1.54, 1.807) is 24.7 Å². The fraction of sp³-hybridized carbons (Fsp3) is 0.435. The van der Waals surface area contributed by atoms with E-state index in [2.05, 4.69) is 25.9 Å². The lowest BCUT2D eigenvalue weighted by Gasteiger charge is -2.25. The topological polar surface area (TPSA) is 116 Å². The third kappa shape index (κ3) is 3.69. The third-order valence-corrected chi connectivity index (χ3v) is 6.38. The molecule has 6 rings (SSSR count). The standard InChI is InChI=1S/C23H24N8O2/c24-11-15-3-4-18-20(10-15)30(14-27-18)22-26-13-19-21(29-22)31(16-5-8-32-9-6-16)23(28-19)25-12-17-2-1-7-33-17/h3-4,10,13-14,16-17H,1-2,5-9,12H2,(H,25,28). The molecule has 4 aromatic rings. The number of hydrogen-bond donors (Lipinski definition) is 1. The highest BCUT2D eigenvalue weighted by molar-refractivity contribution is 5.79. The quantitative estimate of drug-likeness (QED) is 0.499. The van der Waals surface area contributed by atoms with Gasteiger partial charge in [-0.3, -0.25) is 9.13 Å². The number of fused-ring (bicyclic) bond motifs is 2. The average molecular weight is 444 g/mol. The van der Waals surface area contributed by atoms with Crippen molar-refractivity contribution >= 4 is 28.1 Å². The van der Waals surface area contributed by atoms with Gasteiger partial charge in [-0.05, 0) is 43.9 Å². The number of nitrogens with zero attached hydrogens (tertiary/aromatic N) is 7. The van der Waals surface area contributed by atoms with E-state index in [1.807, 2.05) is 10.6 Å². The minimum absolute atomic E-state index is 0.209. The van der Waals surface area contributed by atoms with Crippen LogP contribution in [0.15, 0.2) is 30.7 Å². The van der Waals surface area contributed by atoms with Gasteiger partial charge in [0.05, 0.1) is 35.0 Å². The van der Waals surface area contributed by atoms with Crippen LogP contribution in [0.1, 0.15) is 37.3 Å². The summed E-state index contributed by atoms with van der Waals surface area (Å²) < 4.78 is 15.4. The minimum atomic E-state index is 0.209. The van der Waals surface area contributed by atoms with Gasteiger partial charge < -0.3 is 14.8 Å². The smallest absolute Gasteiger partial charge is 0.237 e. The Hall–Kier alpha value is -3.55. The SMILES string of the molecule is N#Cc1ccc2ncn(-c3ncc4nc(NCC5CCCO5)n(C5CCOCC5)c4n3)c2c1. The summed E-state index contributed by atoms with van der Waals surface area (Å²) in [5.74, 6) is 1.29. The normalized spacial score (nSPS) is 19.3. The molecular weight excluding hydrogens is 420 g/mol. The van der Waals surface area contributed by atoms with Crippen LogP contribution in [0.5, 0.6) is 0 Å². The van der Waals surface area contributed by atoms with Gasteiger partial charge >= 0.3 is 0 Å². The molecule has 2 saturated heterocycles. The minimum Gasteiger partial charge on any atom is -0.381 e. The van der Waals surface area contributed by atoms with E-state index in [0.29, 0.717) is 11.5 Å². The first kappa shape index (κ1) is 20.1. The largest absolute Gasteiger partial charge is 0.381 e. The van der Waals surface area contributed by atoms with Crippen LogP contribution >= 0.6 is 0 Å². The number of nitrogens with one attached hydrogen (secondary N) is 1. The summed E-state index contributed by atoms with van der Waals surface area (Å²) in [6, 6.07) is 7.82. The highest BCUT2D eigenvalue weighted by Crippen LogP contribution is 2.30. The second kappa shape index (κ2) is 8.42. The highest BCUT2D eigenvalue weighted by Gasteiger charge is 2.25. The summed E-state index contributed by atoms with van der Waals surface area (Å²) in [7, 11) is 0. The molecule has 3 aromatic heterocycles. The molecule has 1 aromatic carbocycles. The molecule has 168 valence electrons. The Morgan fingerprint density at radius 2 is 2.00 bits per heavy atom. The predicted molar refractivity (Wildman–Crippen MR) is 121 cm³/mol. The van der Waals surface area contributed by atoms with E-state index < -0.39 is 0 Å². The van der Waals surface area contributed by atoms with Crippen LogP contribution in [0.25, 0.3) is 28.1 Å². The summed E-state index contributed by atoms with van der Waals surface area (Å²) in [4.78, 5) is 18.8. The van der Waals surface area contributed by atoms with Gasteiger partial charge in [0, 0.05) is 32.4 Å². The van der Waals surface area contributed by atoms with Gasteiger partial charge in [-0.25, -0.2) is 15.0 Å². The molecule has 0 spiro atoms. The number of nitriles is 1. The number of benzene rings is 1. The van der Waals surface area contributed by atoms with Crippen molar-refractivity contribution in [3.05, 3.63) is 36.3 Å². The van der Waals surface area contributed by atoms with E-state index >= 15 is 0 Å². The molecular formula is C23H24N8O2. The maximum atomic E-state index is 9.30. The lowest BCUT2D eigenvalue weighted by atomic mass is 10.1. The summed E-state index contributed by atoms with van der Waals surface area (Å²) in [5.41, 5.74) is 3.66. The number of rotatable bonds is 5. The zero-order chi connectivity index (χ0) is 22.2. The van der Waals surface area contributed by atoms with Gasteiger partial charge in [0.15, 0.2) is 5.65 Å². The Morgan fingerprint density at radius 3 is 2.82 bits per heavy atom. The molecule has 2 aliphatic rings. The van der Waals surface area contributed by atoms with Gasteiger partial charge in [0.1, 0.15) is 11.8 Å². The second-order valence-corrected chi connectivity index (χ2v) is 8.47. The van der Waals surface area contributed by atoms with E-state index in [9.17, 15) is 5.26 Å². The molecule has 2 aliphatic heterocycles. The van der Waals surface area contributed by atoms with Crippen molar-refractivity contribution in [3.8, 4) is 12.0 Å². The van der Waals surface area contributed by atoms with E-state index in [4.69, 9.17) is 19.4 Å². The summed E-state index contributed by atoms with van der Waals surface area (Å²) in [6.45, 7) is 2.98. The molecule has 10 heteroatoms. The lowest BCUT2D eigenvalue weighted by Crippen LogP contribution is -2.24. The molecule has 1 atom stereocenters. The first-order chi connectivity index (χ1) is 16.3. The molecule has 33 heavy (non-hydrogen) atoms.